The smallest absolute Gasteiger partial charge is 0.343 e. The largest absolute Gasteiger partial charge is 0.480 e. The Balaban J connectivity index is 1.55. The molecule has 0 saturated carbocycles. The lowest BCUT2D eigenvalue weighted by Gasteiger charge is -2.32. The number of carbonyl (C=O) groups is 1. The second kappa shape index (κ2) is 8.97. The standard InChI is InChI=1S/C20H23F2N3O3/c1-27-19-15(20(26)28-2)4-6-18(24-19)23-14-7-9-25(10-8-14)12-13-3-5-16(21)17(22)11-13/h3-6,11,14H,7-10,12H2,1-2H3,(H,23,24). The number of carbonyl (C=O) groups excluding carboxylic acids is 1. The fourth-order valence-electron chi connectivity index (χ4n) is 3.28. The van der Waals surface area contributed by atoms with Crippen molar-refractivity contribution in [3.63, 3.8) is 0 Å². The number of hydrogen-bond acceptors (Lipinski definition) is 6. The lowest BCUT2D eigenvalue weighted by Crippen LogP contribution is -2.38. The zero-order valence-corrected chi connectivity index (χ0v) is 15.9. The van der Waals surface area contributed by atoms with Crippen molar-refractivity contribution in [1.29, 1.82) is 0 Å². The van der Waals surface area contributed by atoms with E-state index in [1.54, 1.807) is 18.2 Å². The van der Waals surface area contributed by atoms with Crippen LogP contribution in [-0.4, -0.2) is 49.2 Å². The van der Waals surface area contributed by atoms with Crippen LogP contribution in [0.4, 0.5) is 14.6 Å². The van der Waals surface area contributed by atoms with Crippen LogP contribution in [0.2, 0.25) is 0 Å². The number of halogens is 2. The molecular formula is C20H23F2N3O3. The number of piperidine rings is 1. The minimum atomic E-state index is -0.826. The molecule has 1 N–H and O–H groups in total. The van der Waals surface area contributed by atoms with Crippen LogP contribution in [0, 0.1) is 11.6 Å². The maximum atomic E-state index is 13.4. The Kier molecular flexibility index (Phi) is 6.41. The van der Waals surface area contributed by atoms with Crippen molar-refractivity contribution in [1.82, 2.24) is 9.88 Å². The molecule has 2 aromatic rings. The second-order valence-electron chi connectivity index (χ2n) is 6.69. The molecule has 0 unspecified atom stereocenters. The molecule has 1 aliphatic rings. The lowest BCUT2D eigenvalue weighted by molar-refractivity contribution is 0.0596. The van der Waals surface area contributed by atoms with E-state index in [0.717, 1.165) is 37.6 Å². The van der Waals surface area contributed by atoms with Gasteiger partial charge in [-0.2, -0.15) is 4.98 Å². The van der Waals surface area contributed by atoms with Crippen LogP contribution in [0.25, 0.3) is 0 Å². The van der Waals surface area contributed by atoms with Gasteiger partial charge >= 0.3 is 5.97 Å². The van der Waals surface area contributed by atoms with Gasteiger partial charge in [-0.1, -0.05) is 6.07 Å². The van der Waals surface area contributed by atoms with Crippen molar-refractivity contribution in [2.45, 2.75) is 25.4 Å². The molecule has 150 valence electrons. The van der Waals surface area contributed by atoms with Gasteiger partial charge in [-0.25, -0.2) is 13.6 Å². The van der Waals surface area contributed by atoms with E-state index in [-0.39, 0.29) is 17.5 Å². The number of aromatic nitrogens is 1. The molecule has 0 amide bonds. The van der Waals surface area contributed by atoms with Crippen LogP contribution in [0.5, 0.6) is 5.88 Å². The summed E-state index contributed by atoms with van der Waals surface area (Å²) >= 11 is 0. The van der Waals surface area contributed by atoms with Gasteiger partial charge in [-0.05, 0) is 42.7 Å². The summed E-state index contributed by atoms with van der Waals surface area (Å²) in [5.41, 5.74) is 1.03. The Morgan fingerprint density at radius 3 is 2.57 bits per heavy atom. The monoisotopic (exact) mass is 391 g/mol. The number of likely N-dealkylation sites (tertiary alicyclic amines) is 1. The van der Waals surface area contributed by atoms with E-state index in [2.05, 4.69) is 15.2 Å². The number of anilines is 1. The van der Waals surface area contributed by atoms with E-state index in [0.29, 0.717) is 12.4 Å². The lowest BCUT2D eigenvalue weighted by atomic mass is 10.0. The zero-order valence-electron chi connectivity index (χ0n) is 15.9. The number of methoxy groups -OCH3 is 2. The predicted octanol–water partition coefficient (Wildman–Crippen LogP) is 3.23. The van der Waals surface area contributed by atoms with Crippen LogP contribution in [-0.2, 0) is 11.3 Å². The van der Waals surface area contributed by atoms with E-state index in [1.807, 2.05) is 0 Å². The quantitative estimate of drug-likeness (QED) is 0.763. The fourth-order valence-corrected chi connectivity index (χ4v) is 3.28. The van der Waals surface area contributed by atoms with E-state index in [1.165, 1.54) is 20.3 Å². The van der Waals surface area contributed by atoms with Crippen molar-refractivity contribution < 1.29 is 23.0 Å². The summed E-state index contributed by atoms with van der Waals surface area (Å²) in [6, 6.07) is 7.60. The molecule has 8 heteroatoms. The van der Waals surface area contributed by atoms with Gasteiger partial charge in [0.1, 0.15) is 11.4 Å². The van der Waals surface area contributed by atoms with Gasteiger partial charge in [-0.3, -0.25) is 4.90 Å². The normalized spacial score (nSPS) is 15.3. The third kappa shape index (κ3) is 4.75. The Morgan fingerprint density at radius 2 is 1.93 bits per heavy atom. The maximum absolute atomic E-state index is 13.4. The Labute approximate surface area is 162 Å². The first-order valence-electron chi connectivity index (χ1n) is 9.06. The number of nitrogens with one attached hydrogen (secondary N) is 1. The van der Waals surface area contributed by atoms with Crippen molar-refractivity contribution in [3.05, 3.63) is 53.1 Å². The fraction of sp³-hybridized carbons (Fsp3) is 0.400. The predicted molar refractivity (Wildman–Crippen MR) is 100 cm³/mol. The molecule has 0 radical (unpaired) electrons. The SMILES string of the molecule is COC(=O)c1ccc(NC2CCN(Cc3ccc(F)c(F)c3)CC2)nc1OC. The average molecular weight is 391 g/mol. The molecule has 6 nitrogen and oxygen atoms in total. The number of esters is 1. The molecular weight excluding hydrogens is 368 g/mol. The van der Waals surface area contributed by atoms with Crippen molar-refractivity contribution in [2.75, 3.05) is 32.6 Å². The molecule has 0 aliphatic carbocycles. The molecule has 1 aromatic carbocycles. The number of pyridine rings is 1. The Bertz CT molecular complexity index is 839. The molecule has 1 aromatic heterocycles. The van der Waals surface area contributed by atoms with Gasteiger partial charge in [0, 0.05) is 25.7 Å². The summed E-state index contributed by atoms with van der Waals surface area (Å²) in [6.45, 7) is 2.24. The summed E-state index contributed by atoms with van der Waals surface area (Å²) in [6.07, 6.45) is 1.76. The summed E-state index contributed by atoms with van der Waals surface area (Å²) in [5.74, 6) is -1.30. The highest BCUT2D eigenvalue weighted by molar-refractivity contribution is 5.92. The van der Waals surface area contributed by atoms with E-state index in [9.17, 15) is 13.6 Å². The zero-order chi connectivity index (χ0) is 20.1. The third-order valence-electron chi connectivity index (χ3n) is 4.79. The highest BCUT2D eigenvalue weighted by Gasteiger charge is 2.21. The van der Waals surface area contributed by atoms with Gasteiger partial charge in [0.2, 0.25) is 5.88 Å². The van der Waals surface area contributed by atoms with Crippen molar-refractivity contribution in [2.24, 2.45) is 0 Å². The molecule has 3 rings (SSSR count). The topological polar surface area (TPSA) is 63.7 Å². The van der Waals surface area contributed by atoms with Crippen LogP contribution in [0.3, 0.4) is 0 Å². The molecule has 1 saturated heterocycles. The van der Waals surface area contributed by atoms with E-state index in [4.69, 9.17) is 9.47 Å². The Morgan fingerprint density at radius 1 is 1.18 bits per heavy atom. The molecule has 0 bridgehead atoms. The molecule has 0 spiro atoms. The number of nitrogens with zero attached hydrogens (tertiary/aromatic N) is 2. The first kappa shape index (κ1) is 20.0. The average Bonchev–Trinajstić information content (AvgIpc) is 2.71. The van der Waals surface area contributed by atoms with Gasteiger partial charge < -0.3 is 14.8 Å². The highest BCUT2D eigenvalue weighted by atomic mass is 19.2. The van der Waals surface area contributed by atoms with Crippen LogP contribution in [0.15, 0.2) is 30.3 Å². The van der Waals surface area contributed by atoms with Crippen molar-refractivity contribution in [3.8, 4) is 5.88 Å². The summed E-state index contributed by atoms with van der Waals surface area (Å²) in [5, 5.41) is 3.36. The summed E-state index contributed by atoms with van der Waals surface area (Å²) in [7, 11) is 2.76. The highest BCUT2D eigenvalue weighted by Crippen LogP contribution is 2.22. The third-order valence-corrected chi connectivity index (χ3v) is 4.79. The minimum Gasteiger partial charge on any atom is -0.480 e. The van der Waals surface area contributed by atoms with E-state index >= 15 is 0 Å². The van der Waals surface area contributed by atoms with Crippen molar-refractivity contribution >= 4 is 11.8 Å². The number of ether oxygens (including phenoxy) is 2. The summed E-state index contributed by atoms with van der Waals surface area (Å²) in [4.78, 5) is 18.2. The van der Waals surface area contributed by atoms with Gasteiger partial charge in [-0.15, -0.1) is 0 Å². The maximum Gasteiger partial charge on any atom is 0.343 e. The minimum absolute atomic E-state index is 0.215. The van der Waals surface area contributed by atoms with E-state index < -0.39 is 17.6 Å². The first-order chi connectivity index (χ1) is 13.5. The molecule has 2 heterocycles. The Hall–Kier alpha value is -2.74. The van der Waals surface area contributed by atoms with Crippen LogP contribution < -0.4 is 10.1 Å². The number of rotatable bonds is 6. The molecule has 1 fully saturated rings. The number of benzene rings is 1. The van der Waals surface area contributed by atoms with Gasteiger partial charge in [0.25, 0.3) is 0 Å². The first-order valence-corrected chi connectivity index (χ1v) is 9.06. The molecule has 0 atom stereocenters. The molecule has 28 heavy (non-hydrogen) atoms. The van der Waals surface area contributed by atoms with Gasteiger partial charge in [0.05, 0.1) is 14.2 Å². The van der Waals surface area contributed by atoms with Crippen LogP contribution in [0.1, 0.15) is 28.8 Å². The summed E-state index contributed by atoms with van der Waals surface area (Å²) < 4.78 is 36.3. The van der Waals surface area contributed by atoms with Gasteiger partial charge in [0.15, 0.2) is 11.6 Å². The van der Waals surface area contributed by atoms with Crippen LogP contribution >= 0.6 is 0 Å². The molecule has 1 aliphatic heterocycles. The number of hydrogen-bond donors (Lipinski definition) is 1. The second-order valence-corrected chi connectivity index (χ2v) is 6.69.